The zero-order valence-electron chi connectivity index (χ0n) is 17.1. The van der Waals surface area contributed by atoms with Crippen molar-refractivity contribution in [1.29, 1.82) is 0 Å². The number of aromatic nitrogens is 3. The highest BCUT2D eigenvalue weighted by Crippen LogP contribution is 2.18. The molecule has 0 bridgehead atoms. The molecule has 6 nitrogen and oxygen atoms in total. The summed E-state index contributed by atoms with van der Waals surface area (Å²) in [5.74, 6) is 1.57. The highest BCUT2D eigenvalue weighted by molar-refractivity contribution is 7.99. The summed E-state index contributed by atoms with van der Waals surface area (Å²) < 4.78 is 14.8. The van der Waals surface area contributed by atoms with Crippen molar-refractivity contribution in [3.63, 3.8) is 0 Å². The van der Waals surface area contributed by atoms with Crippen LogP contribution in [0.15, 0.2) is 71.1 Å². The Balaban J connectivity index is 1.45. The largest absolute Gasteiger partial charge is 0.357 e. The molecule has 0 fully saturated rings. The van der Waals surface area contributed by atoms with E-state index in [9.17, 15) is 4.39 Å². The normalized spacial score (nSPS) is 11.5. The molecule has 0 atom stereocenters. The molecular formula is C22H27FN6S. The first kappa shape index (κ1) is 21.8. The molecule has 158 valence electrons. The van der Waals surface area contributed by atoms with Crippen LogP contribution in [0.5, 0.6) is 0 Å². The SMILES string of the molecule is CCNC(=NCc1cccc(Cn2cncn2)c1)NCCCSc1ccc(F)cc1. The second-order valence-electron chi connectivity index (χ2n) is 6.69. The quantitative estimate of drug-likeness (QED) is 0.224. The first-order valence-electron chi connectivity index (χ1n) is 10.0. The fourth-order valence-electron chi connectivity index (χ4n) is 2.84. The Kier molecular flexibility index (Phi) is 8.71. The van der Waals surface area contributed by atoms with E-state index in [0.29, 0.717) is 13.1 Å². The summed E-state index contributed by atoms with van der Waals surface area (Å²) >= 11 is 1.73. The van der Waals surface area contributed by atoms with E-state index < -0.39 is 0 Å². The van der Waals surface area contributed by atoms with Gasteiger partial charge in [0.1, 0.15) is 18.5 Å². The first-order valence-corrected chi connectivity index (χ1v) is 11.0. The van der Waals surface area contributed by atoms with Gasteiger partial charge in [0.15, 0.2) is 5.96 Å². The molecule has 1 heterocycles. The average Bonchev–Trinajstić information content (AvgIpc) is 3.26. The Hall–Kier alpha value is -2.87. The molecule has 0 spiro atoms. The van der Waals surface area contributed by atoms with Gasteiger partial charge in [-0.25, -0.2) is 19.0 Å². The van der Waals surface area contributed by atoms with E-state index in [1.54, 1.807) is 29.1 Å². The lowest BCUT2D eigenvalue weighted by Crippen LogP contribution is -2.37. The zero-order chi connectivity index (χ0) is 21.0. The molecule has 2 aromatic carbocycles. The summed E-state index contributed by atoms with van der Waals surface area (Å²) in [4.78, 5) is 9.76. The predicted octanol–water partition coefficient (Wildman–Crippen LogP) is 3.70. The molecule has 8 heteroatoms. The molecule has 0 radical (unpaired) electrons. The van der Waals surface area contributed by atoms with Crippen LogP contribution in [0.25, 0.3) is 0 Å². The van der Waals surface area contributed by atoms with E-state index in [1.807, 2.05) is 18.2 Å². The Labute approximate surface area is 181 Å². The summed E-state index contributed by atoms with van der Waals surface area (Å²) in [5, 5.41) is 10.8. The van der Waals surface area contributed by atoms with Gasteiger partial charge in [-0.1, -0.05) is 24.3 Å². The van der Waals surface area contributed by atoms with Gasteiger partial charge in [-0.15, -0.1) is 11.8 Å². The van der Waals surface area contributed by atoms with E-state index in [-0.39, 0.29) is 5.82 Å². The molecule has 0 unspecified atom stereocenters. The lowest BCUT2D eigenvalue weighted by molar-refractivity contribution is 0.626. The number of nitrogens with one attached hydrogen (secondary N) is 2. The van der Waals surface area contributed by atoms with Gasteiger partial charge in [0.25, 0.3) is 0 Å². The van der Waals surface area contributed by atoms with E-state index in [0.717, 1.165) is 41.7 Å². The third kappa shape index (κ3) is 7.51. The molecule has 0 amide bonds. The van der Waals surface area contributed by atoms with Crippen molar-refractivity contribution in [3.8, 4) is 0 Å². The van der Waals surface area contributed by atoms with E-state index in [1.165, 1.54) is 17.7 Å². The molecule has 0 saturated heterocycles. The van der Waals surface area contributed by atoms with Crippen molar-refractivity contribution >= 4 is 17.7 Å². The fourth-order valence-corrected chi connectivity index (χ4v) is 3.69. The Morgan fingerprint density at radius 3 is 2.73 bits per heavy atom. The lowest BCUT2D eigenvalue weighted by Gasteiger charge is -2.11. The maximum Gasteiger partial charge on any atom is 0.191 e. The van der Waals surface area contributed by atoms with Crippen LogP contribution >= 0.6 is 11.8 Å². The van der Waals surface area contributed by atoms with Crippen LogP contribution in [0.1, 0.15) is 24.5 Å². The average molecular weight is 427 g/mol. The summed E-state index contributed by atoms with van der Waals surface area (Å²) in [6, 6.07) is 15.0. The van der Waals surface area contributed by atoms with Gasteiger partial charge in [-0.2, -0.15) is 5.10 Å². The predicted molar refractivity (Wildman–Crippen MR) is 120 cm³/mol. The highest BCUT2D eigenvalue weighted by atomic mass is 32.2. The van der Waals surface area contributed by atoms with Gasteiger partial charge >= 0.3 is 0 Å². The van der Waals surface area contributed by atoms with Crippen molar-refractivity contribution in [1.82, 2.24) is 25.4 Å². The van der Waals surface area contributed by atoms with Gasteiger partial charge in [-0.05, 0) is 54.5 Å². The van der Waals surface area contributed by atoms with Crippen LogP contribution in [0, 0.1) is 5.82 Å². The number of benzene rings is 2. The number of hydrogen-bond acceptors (Lipinski definition) is 4. The van der Waals surface area contributed by atoms with Gasteiger partial charge in [0.05, 0.1) is 13.1 Å². The maximum absolute atomic E-state index is 12.9. The molecule has 0 aliphatic heterocycles. The van der Waals surface area contributed by atoms with Crippen LogP contribution in [0.4, 0.5) is 4.39 Å². The topological polar surface area (TPSA) is 67.1 Å². The van der Waals surface area contributed by atoms with Crippen LogP contribution in [-0.2, 0) is 13.1 Å². The van der Waals surface area contributed by atoms with Gasteiger partial charge in [-0.3, -0.25) is 0 Å². The maximum atomic E-state index is 12.9. The summed E-state index contributed by atoms with van der Waals surface area (Å²) in [7, 11) is 0. The van der Waals surface area contributed by atoms with Crippen molar-refractivity contribution in [3.05, 3.63) is 78.1 Å². The summed E-state index contributed by atoms with van der Waals surface area (Å²) in [5.41, 5.74) is 2.32. The number of hydrogen-bond donors (Lipinski definition) is 2. The first-order chi connectivity index (χ1) is 14.7. The van der Waals surface area contributed by atoms with E-state index >= 15 is 0 Å². The minimum atomic E-state index is -0.198. The number of nitrogens with zero attached hydrogens (tertiary/aromatic N) is 4. The Bertz CT molecular complexity index is 912. The molecule has 2 N–H and O–H groups in total. The standard InChI is InChI=1S/C22H27FN6S/c1-2-25-22(26-11-4-12-30-21-9-7-20(23)8-10-21)27-14-18-5-3-6-19(13-18)15-29-17-24-16-28-29/h3,5-10,13,16-17H,2,4,11-12,14-15H2,1H3,(H2,25,26,27). The van der Waals surface area contributed by atoms with Crippen LogP contribution in [-0.4, -0.2) is 39.6 Å². The third-order valence-corrected chi connectivity index (χ3v) is 5.36. The number of aliphatic imine (C=N–C) groups is 1. The number of guanidine groups is 1. The third-order valence-electron chi connectivity index (χ3n) is 4.26. The van der Waals surface area contributed by atoms with Crippen molar-refractivity contribution in [2.75, 3.05) is 18.8 Å². The van der Waals surface area contributed by atoms with Crippen molar-refractivity contribution in [2.45, 2.75) is 31.3 Å². The minimum absolute atomic E-state index is 0.198. The Morgan fingerprint density at radius 2 is 1.97 bits per heavy atom. The van der Waals surface area contributed by atoms with Gasteiger partial charge < -0.3 is 10.6 Å². The second kappa shape index (κ2) is 12.0. The molecule has 0 aliphatic carbocycles. The van der Waals surface area contributed by atoms with Gasteiger partial charge in [0.2, 0.25) is 0 Å². The number of thioether (sulfide) groups is 1. The molecule has 1 aromatic heterocycles. The number of rotatable bonds is 10. The molecule has 0 aliphatic rings. The molecule has 30 heavy (non-hydrogen) atoms. The van der Waals surface area contributed by atoms with Crippen LogP contribution in [0.2, 0.25) is 0 Å². The van der Waals surface area contributed by atoms with Crippen LogP contribution < -0.4 is 10.6 Å². The van der Waals surface area contributed by atoms with Crippen LogP contribution in [0.3, 0.4) is 0 Å². The molecule has 0 saturated carbocycles. The molecule has 3 aromatic rings. The zero-order valence-corrected chi connectivity index (χ0v) is 17.9. The van der Waals surface area contributed by atoms with E-state index in [4.69, 9.17) is 4.99 Å². The minimum Gasteiger partial charge on any atom is -0.357 e. The molecular weight excluding hydrogens is 399 g/mol. The van der Waals surface area contributed by atoms with Crippen molar-refractivity contribution in [2.24, 2.45) is 4.99 Å². The highest BCUT2D eigenvalue weighted by Gasteiger charge is 2.01. The van der Waals surface area contributed by atoms with Gasteiger partial charge in [0, 0.05) is 18.0 Å². The fraction of sp³-hybridized carbons (Fsp3) is 0.318. The van der Waals surface area contributed by atoms with E-state index in [2.05, 4.69) is 45.8 Å². The second-order valence-corrected chi connectivity index (χ2v) is 7.86. The summed E-state index contributed by atoms with van der Waals surface area (Å²) in [6.45, 7) is 4.99. The lowest BCUT2D eigenvalue weighted by atomic mass is 10.1. The monoisotopic (exact) mass is 426 g/mol. The Morgan fingerprint density at radius 1 is 1.13 bits per heavy atom. The summed E-state index contributed by atoms with van der Waals surface area (Å²) in [6.07, 6.45) is 4.24. The van der Waals surface area contributed by atoms with Crippen molar-refractivity contribution < 1.29 is 4.39 Å². The molecule has 3 rings (SSSR count). The number of halogens is 1. The smallest absolute Gasteiger partial charge is 0.191 e.